The normalized spacial score (nSPS) is 14.1. The number of nitriles is 1. The maximum Gasteiger partial charge on any atom is 0.266 e. The molecule has 1 aliphatic rings. The molecule has 138 valence electrons. The molecule has 0 bridgehead atoms. The van der Waals surface area contributed by atoms with Crippen LogP contribution in [-0.2, 0) is 11.3 Å². The van der Waals surface area contributed by atoms with Crippen molar-refractivity contribution in [2.24, 2.45) is 0 Å². The van der Waals surface area contributed by atoms with Gasteiger partial charge in [0.05, 0.1) is 13.2 Å². The highest BCUT2D eigenvalue weighted by atomic mass is 35.5. The molecule has 0 radical (unpaired) electrons. The molecule has 0 spiro atoms. The van der Waals surface area contributed by atoms with Gasteiger partial charge in [0.25, 0.3) is 5.89 Å². The first-order valence-corrected chi connectivity index (χ1v) is 8.82. The van der Waals surface area contributed by atoms with Gasteiger partial charge in [-0.2, -0.15) is 10.2 Å². The van der Waals surface area contributed by atoms with Gasteiger partial charge < -0.3 is 23.2 Å². The first kappa shape index (κ1) is 17.5. The van der Waals surface area contributed by atoms with Gasteiger partial charge in [-0.25, -0.2) is 0 Å². The molecule has 2 aromatic heterocycles. The van der Waals surface area contributed by atoms with Crippen LogP contribution in [0.15, 0.2) is 45.2 Å². The van der Waals surface area contributed by atoms with Crippen LogP contribution >= 0.6 is 11.6 Å². The van der Waals surface area contributed by atoms with Crippen LogP contribution < -0.4 is 9.64 Å². The Labute approximate surface area is 160 Å². The molecular weight excluding hydrogens is 370 g/mol. The van der Waals surface area contributed by atoms with E-state index in [9.17, 15) is 5.26 Å². The molecule has 3 heterocycles. The van der Waals surface area contributed by atoms with Gasteiger partial charge in [-0.3, -0.25) is 0 Å². The lowest BCUT2D eigenvalue weighted by molar-refractivity contribution is 0.120. The third-order valence-electron chi connectivity index (χ3n) is 4.08. The number of aromatic nitrogens is 1. The van der Waals surface area contributed by atoms with Gasteiger partial charge >= 0.3 is 0 Å². The summed E-state index contributed by atoms with van der Waals surface area (Å²) >= 11 is 5.86. The standard InChI is InChI=1S/C19H16ClN3O4/c20-13-1-3-14(4-2-13)25-12-15-5-6-17(26-15)18-22-16(11-21)19(27-18)23-7-9-24-10-8-23/h1-6H,7-10,12H2. The average molecular weight is 386 g/mol. The molecule has 0 unspecified atom stereocenters. The van der Waals surface area contributed by atoms with E-state index in [0.717, 1.165) is 0 Å². The summed E-state index contributed by atoms with van der Waals surface area (Å²) in [4.78, 5) is 6.21. The number of hydrogen-bond acceptors (Lipinski definition) is 7. The molecule has 3 aromatic rings. The zero-order chi connectivity index (χ0) is 18.6. The SMILES string of the molecule is N#Cc1nc(-c2ccc(COc3ccc(Cl)cc3)o2)oc1N1CCOCC1. The lowest BCUT2D eigenvalue weighted by atomic mass is 10.3. The molecule has 0 aliphatic carbocycles. The lowest BCUT2D eigenvalue weighted by Crippen LogP contribution is -2.36. The van der Waals surface area contributed by atoms with E-state index >= 15 is 0 Å². The van der Waals surface area contributed by atoms with Crippen LogP contribution in [0, 0.1) is 11.3 Å². The van der Waals surface area contributed by atoms with Crippen molar-refractivity contribution in [1.29, 1.82) is 5.26 Å². The monoisotopic (exact) mass is 385 g/mol. The van der Waals surface area contributed by atoms with Crippen LogP contribution in [0.2, 0.25) is 5.02 Å². The van der Waals surface area contributed by atoms with Crippen molar-refractivity contribution in [1.82, 2.24) is 4.98 Å². The fourth-order valence-corrected chi connectivity index (χ4v) is 2.85. The van der Waals surface area contributed by atoms with Gasteiger partial charge in [-0.1, -0.05) is 11.6 Å². The Morgan fingerprint density at radius 3 is 2.63 bits per heavy atom. The second-order valence-electron chi connectivity index (χ2n) is 5.89. The van der Waals surface area contributed by atoms with E-state index < -0.39 is 0 Å². The van der Waals surface area contributed by atoms with Crippen LogP contribution in [0.1, 0.15) is 11.5 Å². The van der Waals surface area contributed by atoms with Gasteiger partial charge in [-0.05, 0) is 36.4 Å². The van der Waals surface area contributed by atoms with Crippen molar-refractivity contribution >= 4 is 17.5 Å². The highest BCUT2D eigenvalue weighted by Crippen LogP contribution is 2.30. The number of morpholine rings is 1. The van der Waals surface area contributed by atoms with Crippen molar-refractivity contribution in [3.05, 3.63) is 52.9 Å². The highest BCUT2D eigenvalue weighted by Gasteiger charge is 2.23. The lowest BCUT2D eigenvalue weighted by Gasteiger charge is -2.25. The molecule has 8 heteroatoms. The summed E-state index contributed by atoms with van der Waals surface area (Å²) in [5, 5.41) is 10.0. The van der Waals surface area contributed by atoms with Crippen molar-refractivity contribution < 1.29 is 18.3 Å². The van der Waals surface area contributed by atoms with Crippen molar-refractivity contribution in [3.63, 3.8) is 0 Å². The number of benzene rings is 1. The minimum absolute atomic E-state index is 0.238. The van der Waals surface area contributed by atoms with Gasteiger partial charge in [-0.15, -0.1) is 0 Å². The van der Waals surface area contributed by atoms with E-state index in [4.69, 9.17) is 29.9 Å². The van der Waals surface area contributed by atoms with E-state index in [-0.39, 0.29) is 18.2 Å². The third-order valence-corrected chi connectivity index (χ3v) is 4.33. The van der Waals surface area contributed by atoms with Gasteiger partial charge in [0, 0.05) is 18.1 Å². The van der Waals surface area contributed by atoms with Gasteiger partial charge in [0.2, 0.25) is 11.6 Å². The minimum Gasteiger partial charge on any atom is -0.486 e. The Kier molecular flexibility index (Phi) is 5.01. The van der Waals surface area contributed by atoms with E-state index in [1.54, 1.807) is 36.4 Å². The van der Waals surface area contributed by atoms with E-state index in [0.29, 0.717) is 54.5 Å². The minimum atomic E-state index is 0.238. The fraction of sp³-hybridized carbons (Fsp3) is 0.263. The second-order valence-corrected chi connectivity index (χ2v) is 6.33. The van der Waals surface area contributed by atoms with Crippen molar-refractivity contribution in [2.45, 2.75) is 6.61 Å². The van der Waals surface area contributed by atoms with Crippen LogP contribution in [0.4, 0.5) is 5.88 Å². The quantitative estimate of drug-likeness (QED) is 0.658. The summed E-state index contributed by atoms with van der Waals surface area (Å²) < 4.78 is 22.6. The number of oxazole rings is 1. The topological polar surface area (TPSA) is 84.7 Å². The third kappa shape index (κ3) is 3.92. The fourth-order valence-electron chi connectivity index (χ4n) is 2.73. The van der Waals surface area contributed by atoms with E-state index in [1.807, 2.05) is 4.90 Å². The number of hydrogen-bond donors (Lipinski definition) is 0. The summed E-state index contributed by atoms with van der Waals surface area (Å²) in [5.74, 6) is 2.47. The van der Waals surface area contributed by atoms with Crippen molar-refractivity contribution in [2.75, 3.05) is 31.2 Å². The molecule has 0 amide bonds. The molecule has 4 rings (SSSR count). The molecule has 7 nitrogen and oxygen atoms in total. The van der Waals surface area contributed by atoms with Gasteiger partial charge in [0.15, 0.2) is 5.76 Å². The Hall–Kier alpha value is -2.95. The van der Waals surface area contributed by atoms with E-state index in [2.05, 4.69) is 11.1 Å². The number of nitrogens with zero attached hydrogens (tertiary/aromatic N) is 3. The Morgan fingerprint density at radius 1 is 1.11 bits per heavy atom. The Bertz CT molecular complexity index is 952. The first-order valence-electron chi connectivity index (χ1n) is 8.44. The smallest absolute Gasteiger partial charge is 0.266 e. The summed E-state index contributed by atoms with van der Waals surface area (Å²) in [6.07, 6.45) is 0. The van der Waals surface area contributed by atoms with Crippen LogP contribution in [0.3, 0.4) is 0 Å². The first-order chi connectivity index (χ1) is 13.2. The maximum absolute atomic E-state index is 9.35. The predicted molar refractivity (Wildman–Crippen MR) is 97.7 cm³/mol. The molecule has 1 fully saturated rings. The molecule has 0 saturated carbocycles. The number of halogens is 1. The zero-order valence-electron chi connectivity index (χ0n) is 14.4. The second kappa shape index (κ2) is 7.74. The summed E-state index contributed by atoms with van der Waals surface area (Å²) in [7, 11) is 0. The zero-order valence-corrected chi connectivity index (χ0v) is 15.1. The van der Waals surface area contributed by atoms with Gasteiger partial charge in [0.1, 0.15) is 24.2 Å². The number of anilines is 1. The summed E-state index contributed by atoms with van der Waals surface area (Å²) in [6.45, 7) is 2.74. The Morgan fingerprint density at radius 2 is 1.89 bits per heavy atom. The molecule has 1 saturated heterocycles. The molecule has 27 heavy (non-hydrogen) atoms. The van der Waals surface area contributed by atoms with E-state index in [1.165, 1.54) is 0 Å². The average Bonchev–Trinajstić information content (AvgIpc) is 3.35. The predicted octanol–water partition coefficient (Wildman–Crippen LogP) is 3.88. The summed E-state index contributed by atoms with van der Waals surface area (Å²) in [6, 6.07) is 12.7. The van der Waals surface area contributed by atoms with Crippen LogP contribution in [-0.4, -0.2) is 31.3 Å². The largest absolute Gasteiger partial charge is 0.486 e. The number of furan rings is 1. The van der Waals surface area contributed by atoms with Crippen molar-refractivity contribution in [3.8, 4) is 23.5 Å². The number of rotatable bonds is 5. The molecule has 1 aromatic carbocycles. The molecule has 1 aliphatic heterocycles. The number of ether oxygens (including phenoxy) is 2. The summed E-state index contributed by atoms with van der Waals surface area (Å²) in [5.41, 5.74) is 0.238. The van der Waals surface area contributed by atoms with Crippen LogP contribution in [0.5, 0.6) is 5.75 Å². The van der Waals surface area contributed by atoms with Crippen LogP contribution in [0.25, 0.3) is 11.7 Å². The molecular formula is C19H16ClN3O4. The molecule has 0 atom stereocenters. The Balaban J connectivity index is 1.48. The molecule has 0 N–H and O–H groups in total. The maximum atomic E-state index is 9.35. The highest BCUT2D eigenvalue weighted by molar-refractivity contribution is 6.30.